The molecule has 0 amide bonds. The molecule has 1 fully saturated rings. The molecule has 0 spiro atoms. The van der Waals surface area contributed by atoms with Crippen molar-refractivity contribution in [3.8, 4) is 5.75 Å². The molecular weight excluding hydrogens is 260 g/mol. The number of piperidine rings is 1. The van der Waals surface area contributed by atoms with Crippen LogP contribution >= 0.6 is 0 Å². The number of nitrogens with one attached hydrogen (secondary N) is 1. The van der Waals surface area contributed by atoms with Crippen LogP contribution in [0.4, 0.5) is 0 Å². The molecule has 0 bridgehead atoms. The first kappa shape index (κ1) is 16.3. The van der Waals surface area contributed by atoms with Crippen LogP contribution in [0.2, 0.25) is 0 Å². The molecular formula is C18H30N2O. The molecule has 1 N–H and O–H groups in total. The Bertz CT molecular complexity index is 419. The van der Waals surface area contributed by atoms with Crippen molar-refractivity contribution in [1.29, 1.82) is 0 Å². The zero-order valence-electron chi connectivity index (χ0n) is 13.8. The number of likely N-dealkylation sites (tertiary alicyclic amines) is 1. The van der Waals surface area contributed by atoms with Crippen LogP contribution in [-0.2, 0) is 6.54 Å². The Labute approximate surface area is 129 Å². The lowest BCUT2D eigenvalue weighted by molar-refractivity contribution is 0.153. The van der Waals surface area contributed by atoms with Gasteiger partial charge in [-0.05, 0) is 43.0 Å². The monoisotopic (exact) mass is 290 g/mol. The van der Waals surface area contributed by atoms with Gasteiger partial charge in [0.2, 0.25) is 0 Å². The van der Waals surface area contributed by atoms with Crippen molar-refractivity contribution in [2.45, 2.75) is 46.2 Å². The first-order valence-corrected chi connectivity index (χ1v) is 8.31. The smallest absolute Gasteiger partial charge is 0.119 e. The van der Waals surface area contributed by atoms with Crippen molar-refractivity contribution in [3.05, 3.63) is 29.8 Å². The average molecular weight is 290 g/mol. The minimum atomic E-state index is 0.510. The van der Waals surface area contributed by atoms with Crippen LogP contribution < -0.4 is 10.1 Å². The third-order valence-corrected chi connectivity index (χ3v) is 4.03. The van der Waals surface area contributed by atoms with Crippen LogP contribution in [0.3, 0.4) is 0 Å². The highest BCUT2D eigenvalue weighted by Gasteiger charge is 2.15. The van der Waals surface area contributed by atoms with E-state index in [1.54, 1.807) is 0 Å². The molecule has 118 valence electrons. The summed E-state index contributed by atoms with van der Waals surface area (Å²) in [5, 5.41) is 3.44. The molecule has 1 aliphatic rings. The van der Waals surface area contributed by atoms with Gasteiger partial charge in [0.25, 0.3) is 0 Å². The van der Waals surface area contributed by atoms with E-state index >= 15 is 0 Å². The fourth-order valence-electron chi connectivity index (χ4n) is 2.85. The Morgan fingerprint density at radius 3 is 3.00 bits per heavy atom. The molecule has 1 unspecified atom stereocenters. The van der Waals surface area contributed by atoms with Gasteiger partial charge in [-0.3, -0.25) is 4.90 Å². The van der Waals surface area contributed by atoms with Gasteiger partial charge >= 0.3 is 0 Å². The van der Waals surface area contributed by atoms with Gasteiger partial charge in [0.05, 0.1) is 0 Å². The van der Waals surface area contributed by atoms with Crippen molar-refractivity contribution in [1.82, 2.24) is 10.2 Å². The molecule has 3 nitrogen and oxygen atoms in total. The maximum absolute atomic E-state index is 5.92. The summed E-state index contributed by atoms with van der Waals surface area (Å²) in [6.45, 7) is 11.9. The first-order chi connectivity index (χ1) is 10.1. The number of hydrogen-bond donors (Lipinski definition) is 1. The van der Waals surface area contributed by atoms with Crippen molar-refractivity contribution in [2.24, 2.45) is 5.92 Å². The second kappa shape index (κ2) is 8.40. The van der Waals surface area contributed by atoms with Crippen molar-refractivity contribution in [2.75, 3.05) is 26.2 Å². The molecule has 0 aromatic heterocycles. The normalized spacial score (nSPS) is 19.9. The lowest BCUT2D eigenvalue weighted by Gasteiger charge is -2.30. The highest BCUT2D eigenvalue weighted by molar-refractivity contribution is 5.28. The van der Waals surface area contributed by atoms with Gasteiger partial charge in [-0.15, -0.1) is 0 Å². The van der Waals surface area contributed by atoms with Crippen LogP contribution in [0, 0.1) is 5.92 Å². The van der Waals surface area contributed by atoms with E-state index in [0.29, 0.717) is 6.04 Å². The molecule has 1 aliphatic heterocycles. The highest BCUT2D eigenvalue weighted by Crippen LogP contribution is 2.16. The lowest BCUT2D eigenvalue weighted by Crippen LogP contribution is -2.37. The summed E-state index contributed by atoms with van der Waals surface area (Å²) in [6, 6.07) is 8.94. The predicted octanol–water partition coefficient (Wildman–Crippen LogP) is 3.30. The summed E-state index contributed by atoms with van der Waals surface area (Å²) in [5.41, 5.74) is 1.28. The van der Waals surface area contributed by atoms with Crippen LogP contribution in [0.1, 0.15) is 39.2 Å². The Hall–Kier alpha value is -1.06. The number of ether oxygens (including phenoxy) is 1. The zero-order valence-corrected chi connectivity index (χ0v) is 13.8. The second-order valence-electron chi connectivity index (χ2n) is 6.58. The summed E-state index contributed by atoms with van der Waals surface area (Å²) in [7, 11) is 0. The largest absolute Gasteiger partial charge is 0.492 e. The third kappa shape index (κ3) is 6.06. The molecule has 21 heavy (non-hydrogen) atoms. The molecule has 2 rings (SSSR count). The first-order valence-electron chi connectivity index (χ1n) is 8.31. The van der Waals surface area contributed by atoms with E-state index in [0.717, 1.165) is 31.4 Å². The molecule has 0 aliphatic carbocycles. The van der Waals surface area contributed by atoms with Gasteiger partial charge in [0, 0.05) is 25.7 Å². The average Bonchev–Trinajstić information content (AvgIpc) is 2.46. The summed E-state index contributed by atoms with van der Waals surface area (Å²) >= 11 is 0. The molecule has 1 atom stereocenters. The highest BCUT2D eigenvalue weighted by atomic mass is 16.5. The van der Waals surface area contributed by atoms with E-state index in [1.165, 1.54) is 31.5 Å². The summed E-state index contributed by atoms with van der Waals surface area (Å²) in [4.78, 5) is 2.53. The van der Waals surface area contributed by atoms with Gasteiger partial charge in [0.1, 0.15) is 12.4 Å². The van der Waals surface area contributed by atoms with Crippen molar-refractivity contribution in [3.63, 3.8) is 0 Å². The maximum atomic E-state index is 5.92. The molecule has 0 radical (unpaired) electrons. The Kier molecular flexibility index (Phi) is 6.52. The van der Waals surface area contributed by atoms with Crippen LogP contribution in [0.5, 0.6) is 5.75 Å². The van der Waals surface area contributed by atoms with E-state index < -0.39 is 0 Å². The maximum Gasteiger partial charge on any atom is 0.119 e. The van der Waals surface area contributed by atoms with E-state index in [2.05, 4.69) is 55.3 Å². The van der Waals surface area contributed by atoms with Gasteiger partial charge in [-0.1, -0.05) is 32.9 Å². The van der Waals surface area contributed by atoms with Crippen LogP contribution in [0.25, 0.3) is 0 Å². The quantitative estimate of drug-likeness (QED) is 0.834. The van der Waals surface area contributed by atoms with E-state index in [4.69, 9.17) is 4.74 Å². The fourth-order valence-corrected chi connectivity index (χ4v) is 2.85. The number of nitrogens with zero attached hydrogens (tertiary/aromatic N) is 1. The Balaban J connectivity index is 1.73. The Morgan fingerprint density at radius 2 is 2.24 bits per heavy atom. The lowest BCUT2D eigenvalue weighted by atomic mass is 10.0. The minimum absolute atomic E-state index is 0.510. The Morgan fingerprint density at radius 1 is 1.38 bits per heavy atom. The summed E-state index contributed by atoms with van der Waals surface area (Å²) in [6.07, 6.45) is 2.71. The van der Waals surface area contributed by atoms with Gasteiger partial charge in [-0.2, -0.15) is 0 Å². The zero-order chi connectivity index (χ0) is 15.1. The summed E-state index contributed by atoms with van der Waals surface area (Å²) < 4.78 is 5.92. The second-order valence-corrected chi connectivity index (χ2v) is 6.58. The molecule has 3 heteroatoms. The van der Waals surface area contributed by atoms with E-state index in [-0.39, 0.29) is 0 Å². The molecule has 1 saturated heterocycles. The molecule has 1 aromatic carbocycles. The van der Waals surface area contributed by atoms with Crippen LogP contribution in [0.15, 0.2) is 24.3 Å². The van der Waals surface area contributed by atoms with Gasteiger partial charge in [-0.25, -0.2) is 0 Å². The number of benzene rings is 1. The minimum Gasteiger partial charge on any atom is -0.492 e. The number of rotatable bonds is 7. The molecule has 1 aromatic rings. The third-order valence-electron chi connectivity index (χ3n) is 4.03. The standard InChI is InChI=1S/C18H30N2O/c1-15(2)19-13-17-7-4-8-18(12-17)21-11-10-20-9-5-6-16(3)14-20/h4,7-8,12,15-16,19H,5-6,9-11,13-14H2,1-3H3. The van der Waals surface area contributed by atoms with Crippen molar-refractivity contribution >= 4 is 0 Å². The SMILES string of the molecule is CC1CCCN(CCOc2cccc(CNC(C)C)c2)C1. The van der Waals surface area contributed by atoms with Gasteiger partial charge in [0.15, 0.2) is 0 Å². The molecule has 1 heterocycles. The molecule has 0 saturated carbocycles. The van der Waals surface area contributed by atoms with Crippen LogP contribution in [-0.4, -0.2) is 37.2 Å². The van der Waals surface area contributed by atoms with Gasteiger partial charge < -0.3 is 10.1 Å². The topological polar surface area (TPSA) is 24.5 Å². The summed E-state index contributed by atoms with van der Waals surface area (Å²) in [5.74, 6) is 1.83. The fraction of sp³-hybridized carbons (Fsp3) is 0.667. The predicted molar refractivity (Wildman–Crippen MR) is 88.8 cm³/mol. The van der Waals surface area contributed by atoms with E-state index in [9.17, 15) is 0 Å². The number of hydrogen-bond acceptors (Lipinski definition) is 3. The van der Waals surface area contributed by atoms with E-state index in [1.807, 2.05) is 0 Å². The van der Waals surface area contributed by atoms with Crippen molar-refractivity contribution < 1.29 is 4.74 Å².